The van der Waals surface area contributed by atoms with Gasteiger partial charge in [0.15, 0.2) is 5.78 Å². The molecule has 0 radical (unpaired) electrons. The van der Waals surface area contributed by atoms with Gasteiger partial charge in [-0.3, -0.25) is 4.79 Å². The van der Waals surface area contributed by atoms with Gasteiger partial charge < -0.3 is 14.9 Å². The normalized spacial score (nSPS) is 12.1. The van der Waals surface area contributed by atoms with Crippen molar-refractivity contribution in [2.24, 2.45) is 0 Å². The van der Waals surface area contributed by atoms with E-state index in [4.69, 9.17) is 4.74 Å². The Labute approximate surface area is 159 Å². The number of nitrogens with one attached hydrogen (secondary N) is 1. The monoisotopic (exact) mass is 370 g/mol. The molecule has 3 aromatic carbocycles. The van der Waals surface area contributed by atoms with Crippen molar-refractivity contribution < 1.29 is 14.5 Å². The third-order valence-corrected chi connectivity index (χ3v) is 5.01. The van der Waals surface area contributed by atoms with Crippen molar-refractivity contribution >= 4 is 22.5 Å². The van der Waals surface area contributed by atoms with E-state index in [0.717, 1.165) is 5.56 Å². The van der Waals surface area contributed by atoms with Crippen LogP contribution in [0.2, 0.25) is 0 Å². The Balaban J connectivity index is 1.81. The Morgan fingerprint density at radius 2 is 1.64 bits per heavy atom. The topological polar surface area (TPSA) is 85.2 Å². The Morgan fingerprint density at radius 3 is 2.36 bits per heavy atom. The molecule has 1 N–H and O–H groups in total. The number of hydrogen-bond donors (Lipinski definition) is 1. The molecule has 0 bridgehead atoms. The minimum atomic E-state index is -0.452. The minimum Gasteiger partial charge on any atom is -0.457 e. The maximum absolute atomic E-state index is 13.3. The summed E-state index contributed by atoms with van der Waals surface area (Å²) in [6.45, 7) is 1.98. The highest BCUT2D eigenvalue weighted by Gasteiger charge is 2.35. The molecule has 28 heavy (non-hydrogen) atoms. The van der Waals surface area contributed by atoms with Gasteiger partial charge in [0.05, 0.1) is 16.5 Å². The molecule has 0 spiro atoms. The first-order valence-corrected chi connectivity index (χ1v) is 8.76. The zero-order chi connectivity index (χ0) is 19.4. The first-order valence-electron chi connectivity index (χ1n) is 8.76. The van der Waals surface area contributed by atoms with E-state index < -0.39 is 4.92 Å². The van der Waals surface area contributed by atoms with Crippen molar-refractivity contribution in [3.05, 3.63) is 87.5 Å². The van der Waals surface area contributed by atoms with Crippen LogP contribution in [-0.2, 0) is 0 Å². The summed E-state index contributed by atoms with van der Waals surface area (Å²) in [6.07, 6.45) is 0. The van der Waals surface area contributed by atoms with Gasteiger partial charge in [-0.1, -0.05) is 42.0 Å². The number of benzene rings is 3. The van der Waals surface area contributed by atoms with Gasteiger partial charge in [0.25, 0.3) is 0 Å². The van der Waals surface area contributed by atoms with Gasteiger partial charge in [0.2, 0.25) is 0 Å². The van der Waals surface area contributed by atoms with Crippen LogP contribution in [0.25, 0.3) is 22.0 Å². The van der Waals surface area contributed by atoms with E-state index in [2.05, 4.69) is 4.98 Å². The smallest absolute Gasteiger partial charge is 0.329 e. The number of H-pyrrole nitrogens is 1. The van der Waals surface area contributed by atoms with E-state index in [-0.39, 0.29) is 11.6 Å². The molecule has 1 aromatic heterocycles. The Kier molecular flexibility index (Phi) is 3.36. The van der Waals surface area contributed by atoms with Crippen LogP contribution < -0.4 is 4.74 Å². The Morgan fingerprint density at radius 1 is 0.929 bits per heavy atom. The van der Waals surface area contributed by atoms with Gasteiger partial charge in [-0.25, -0.2) is 4.98 Å². The van der Waals surface area contributed by atoms with Crippen LogP contribution in [0.15, 0.2) is 60.7 Å². The van der Waals surface area contributed by atoms with Gasteiger partial charge in [0.1, 0.15) is 17.0 Å². The molecule has 0 amide bonds. The fourth-order valence-corrected chi connectivity index (χ4v) is 3.73. The molecule has 1 heterocycles. The summed E-state index contributed by atoms with van der Waals surface area (Å²) in [5.74, 6) is 0.652. The van der Waals surface area contributed by atoms with Gasteiger partial charge >= 0.3 is 5.82 Å². The molecule has 0 aliphatic heterocycles. The van der Waals surface area contributed by atoms with Crippen molar-refractivity contribution in [1.82, 2.24) is 4.98 Å². The molecular formula is C22H14N2O4. The van der Waals surface area contributed by atoms with E-state index in [0.29, 0.717) is 44.7 Å². The number of aromatic nitrogens is 1. The van der Waals surface area contributed by atoms with Crippen molar-refractivity contribution in [1.29, 1.82) is 0 Å². The van der Waals surface area contributed by atoms with Gasteiger partial charge in [-0.2, -0.15) is 0 Å². The SMILES string of the molecule is Cc1ccc(Oc2ccc3[nH]c([N+](=O)[O-])c4c3c2C(=O)c2ccccc2-4)cc1. The lowest BCUT2D eigenvalue weighted by Gasteiger charge is -2.18. The molecule has 0 saturated carbocycles. The van der Waals surface area contributed by atoms with E-state index >= 15 is 0 Å². The van der Waals surface area contributed by atoms with Crippen molar-refractivity contribution in [3.8, 4) is 22.6 Å². The highest BCUT2D eigenvalue weighted by Crippen LogP contribution is 2.47. The molecule has 1 aliphatic carbocycles. The third kappa shape index (κ3) is 2.24. The second-order valence-corrected chi connectivity index (χ2v) is 6.76. The summed E-state index contributed by atoms with van der Waals surface area (Å²) in [5.41, 5.74) is 3.40. The maximum Gasteiger partial charge on any atom is 0.329 e. The molecule has 5 rings (SSSR count). The van der Waals surface area contributed by atoms with E-state index in [1.54, 1.807) is 36.4 Å². The molecule has 6 nitrogen and oxygen atoms in total. The highest BCUT2D eigenvalue weighted by atomic mass is 16.6. The summed E-state index contributed by atoms with van der Waals surface area (Å²) >= 11 is 0. The molecule has 0 saturated heterocycles. The molecule has 0 fully saturated rings. The first-order chi connectivity index (χ1) is 13.5. The lowest BCUT2D eigenvalue weighted by Crippen LogP contribution is -2.10. The summed E-state index contributed by atoms with van der Waals surface area (Å²) < 4.78 is 6.00. The number of nitrogens with zero attached hydrogens (tertiary/aromatic N) is 1. The van der Waals surface area contributed by atoms with Crippen LogP contribution >= 0.6 is 0 Å². The number of carbonyl (C=O) groups is 1. The summed E-state index contributed by atoms with van der Waals surface area (Å²) in [6, 6.07) is 17.8. The summed E-state index contributed by atoms with van der Waals surface area (Å²) in [7, 11) is 0. The second-order valence-electron chi connectivity index (χ2n) is 6.76. The van der Waals surface area contributed by atoms with E-state index in [1.165, 1.54) is 0 Å². The zero-order valence-electron chi connectivity index (χ0n) is 14.9. The number of ketones is 1. The number of aromatic amines is 1. The van der Waals surface area contributed by atoms with Crippen molar-refractivity contribution in [2.75, 3.05) is 0 Å². The molecule has 136 valence electrons. The Hall–Kier alpha value is -3.93. The fourth-order valence-electron chi connectivity index (χ4n) is 3.73. The molecule has 0 unspecified atom stereocenters. The molecule has 1 aliphatic rings. The van der Waals surface area contributed by atoms with Crippen molar-refractivity contribution in [2.45, 2.75) is 6.92 Å². The summed E-state index contributed by atoms with van der Waals surface area (Å²) in [4.78, 5) is 27.3. The lowest BCUT2D eigenvalue weighted by molar-refractivity contribution is -0.388. The zero-order valence-corrected chi connectivity index (χ0v) is 14.9. The van der Waals surface area contributed by atoms with Gasteiger partial charge in [-0.05, 0) is 36.1 Å². The van der Waals surface area contributed by atoms with Gasteiger partial charge in [0, 0.05) is 11.1 Å². The number of carbonyl (C=O) groups excluding carboxylic acids is 1. The number of rotatable bonds is 3. The maximum atomic E-state index is 13.3. The first kappa shape index (κ1) is 16.3. The molecule has 6 heteroatoms. The van der Waals surface area contributed by atoms with Crippen molar-refractivity contribution in [3.63, 3.8) is 0 Å². The average Bonchev–Trinajstić information content (AvgIpc) is 3.09. The highest BCUT2D eigenvalue weighted by molar-refractivity contribution is 6.28. The number of nitro groups is 1. The standard InChI is InChI=1S/C22H14N2O4/c1-12-6-8-13(9-7-12)28-17-11-10-16-19-18(22(23-16)24(26)27)14-4-2-3-5-15(14)21(25)20(17)19/h2-11,23H,1H3. The van der Waals surface area contributed by atoms with Crippen LogP contribution in [0, 0.1) is 17.0 Å². The molecular weight excluding hydrogens is 356 g/mol. The number of ether oxygens (including phenoxy) is 1. The van der Waals surface area contributed by atoms with Crippen LogP contribution in [-0.4, -0.2) is 15.7 Å². The van der Waals surface area contributed by atoms with Crippen LogP contribution in [0.4, 0.5) is 5.82 Å². The third-order valence-electron chi connectivity index (χ3n) is 5.01. The average molecular weight is 370 g/mol. The molecule has 4 aromatic rings. The Bertz CT molecular complexity index is 1290. The van der Waals surface area contributed by atoms with Crippen LogP contribution in [0.3, 0.4) is 0 Å². The van der Waals surface area contributed by atoms with E-state index in [1.807, 2.05) is 31.2 Å². The predicted octanol–water partition coefficient (Wildman–Crippen LogP) is 5.39. The number of fused-ring (bicyclic) bond motifs is 2. The second kappa shape index (κ2) is 5.79. The van der Waals surface area contributed by atoms with Crippen LogP contribution in [0.1, 0.15) is 21.5 Å². The quantitative estimate of drug-likeness (QED) is 0.341. The molecule has 0 atom stereocenters. The minimum absolute atomic E-state index is 0.122. The largest absolute Gasteiger partial charge is 0.457 e. The predicted molar refractivity (Wildman–Crippen MR) is 105 cm³/mol. The van der Waals surface area contributed by atoms with Gasteiger partial charge in [-0.15, -0.1) is 0 Å². The summed E-state index contributed by atoms with van der Waals surface area (Å²) in [5, 5.41) is 12.2. The fraction of sp³-hybridized carbons (Fsp3) is 0.0455. The number of aryl methyl sites for hydroxylation is 1. The van der Waals surface area contributed by atoms with E-state index in [9.17, 15) is 14.9 Å². The number of hydrogen-bond acceptors (Lipinski definition) is 4. The van der Waals surface area contributed by atoms with Crippen LogP contribution in [0.5, 0.6) is 11.5 Å². The lowest BCUT2D eigenvalue weighted by atomic mass is 9.85.